The number of nitrogens with one attached hydrogen (secondary N) is 2. The van der Waals surface area contributed by atoms with E-state index in [9.17, 15) is 18.4 Å². The van der Waals surface area contributed by atoms with Gasteiger partial charge in [-0.25, -0.2) is 8.78 Å². The molecule has 1 aliphatic carbocycles. The van der Waals surface area contributed by atoms with Crippen molar-refractivity contribution in [1.82, 2.24) is 5.32 Å². The maximum Gasteiger partial charge on any atom is 0.254 e. The predicted octanol–water partition coefficient (Wildman–Crippen LogP) is 6.03. The minimum absolute atomic E-state index is 0.0578. The molecular formula is C27H22F2N2O2S. The highest BCUT2D eigenvalue weighted by molar-refractivity contribution is 7.10. The number of Topliss-reactive ketones (excluding diaryl/α,β-unsaturated/α-hetero) is 1. The Morgan fingerprint density at radius 3 is 2.50 bits per heavy atom. The van der Waals surface area contributed by atoms with Gasteiger partial charge in [0, 0.05) is 51.4 Å². The summed E-state index contributed by atoms with van der Waals surface area (Å²) in [4.78, 5) is 28.1. The number of benzene rings is 2. The van der Waals surface area contributed by atoms with Gasteiger partial charge in [0.2, 0.25) is 0 Å². The second-order valence-corrected chi connectivity index (χ2v) is 9.53. The predicted molar refractivity (Wildman–Crippen MR) is 128 cm³/mol. The summed E-state index contributed by atoms with van der Waals surface area (Å²) in [5, 5.41) is 8.03. The van der Waals surface area contributed by atoms with Crippen LogP contribution in [0.25, 0.3) is 0 Å². The van der Waals surface area contributed by atoms with Gasteiger partial charge in [-0.15, -0.1) is 11.3 Å². The summed E-state index contributed by atoms with van der Waals surface area (Å²) in [6.45, 7) is 1.77. The van der Waals surface area contributed by atoms with Crippen molar-refractivity contribution in [2.45, 2.75) is 31.6 Å². The van der Waals surface area contributed by atoms with E-state index in [-0.39, 0.29) is 11.7 Å². The van der Waals surface area contributed by atoms with Gasteiger partial charge in [-0.1, -0.05) is 24.3 Å². The summed E-state index contributed by atoms with van der Waals surface area (Å²) in [5.41, 5.74) is 2.99. The number of ketones is 1. The molecule has 3 aromatic rings. The minimum Gasteiger partial charge on any atom is -0.362 e. The van der Waals surface area contributed by atoms with Gasteiger partial charge in [-0.2, -0.15) is 0 Å². The van der Waals surface area contributed by atoms with Crippen molar-refractivity contribution in [3.8, 4) is 0 Å². The molecule has 0 saturated carbocycles. The number of amides is 1. The fourth-order valence-electron chi connectivity index (χ4n) is 4.85. The highest BCUT2D eigenvalue weighted by atomic mass is 32.1. The molecule has 0 radical (unpaired) electrons. The zero-order valence-corrected chi connectivity index (χ0v) is 19.2. The van der Waals surface area contributed by atoms with Crippen LogP contribution in [0.5, 0.6) is 0 Å². The molecule has 1 aliphatic heterocycles. The number of hydrogen-bond donors (Lipinski definition) is 2. The summed E-state index contributed by atoms with van der Waals surface area (Å²) < 4.78 is 27.9. The van der Waals surface area contributed by atoms with Crippen LogP contribution < -0.4 is 10.6 Å². The van der Waals surface area contributed by atoms with Crippen LogP contribution in [0.4, 0.5) is 14.5 Å². The van der Waals surface area contributed by atoms with Gasteiger partial charge < -0.3 is 10.6 Å². The molecule has 2 aliphatic rings. The van der Waals surface area contributed by atoms with E-state index in [1.807, 2.05) is 17.5 Å². The number of hydrogen-bond acceptors (Lipinski definition) is 4. The largest absolute Gasteiger partial charge is 0.362 e. The van der Waals surface area contributed by atoms with Gasteiger partial charge in [-0.3, -0.25) is 9.59 Å². The smallest absolute Gasteiger partial charge is 0.254 e. The Bertz CT molecular complexity index is 1340. The summed E-state index contributed by atoms with van der Waals surface area (Å²) >= 11 is 1.62. The van der Waals surface area contributed by atoms with E-state index in [4.69, 9.17) is 0 Å². The molecule has 2 atom stereocenters. The number of dihydropyridines is 1. The van der Waals surface area contributed by atoms with E-state index in [1.165, 1.54) is 30.3 Å². The number of carbonyl (C=O) groups excluding carboxylic acids is 2. The molecule has 7 heteroatoms. The number of carbonyl (C=O) groups is 2. The molecule has 0 spiro atoms. The van der Waals surface area contributed by atoms with Gasteiger partial charge in [0.05, 0.1) is 0 Å². The van der Waals surface area contributed by atoms with Crippen molar-refractivity contribution >= 4 is 28.7 Å². The van der Waals surface area contributed by atoms with Crippen LogP contribution in [0.2, 0.25) is 0 Å². The molecule has 34 heavy (non-hydrogen) atoms. The third-order valence-electron chi connectivity index (χ3n) is 6.28. The molecule has 0 fully saturated rings. The van der Waals surface area contributed by atoms with E-state index in [0.29, 0.717) is 40.9 Å². The number of halogens is 2. The fraction of sp³-hybridized carbons (Fsp3) is 0.185. The molecular weight excluding hydrogens is 454 g/mol. The number of thiophene rings is 1. The second kappa shape index (κ2) is 8.99. The van der Waals surface area contributed by atoms with Crippen LogP contribution >= 0.6 is 11.3 Å². The van der Waals surface area contributed by atoms with Crippen LogP contribution in [0.3, 0.4) is 0 Å². The number of rotatable bonds is 4. The normalized spacial score (nSPS) is 20.1. The van der Waals surface area contributed by atoms with E-state index < -0.39 is 23.5 Å². The number of allylic oxidation sites excluding steroid dienone is 3. The maximum atomic E-state index is 14.2. The standard InChI is InChI=1S/C27H22F2N2O2S/c1-15-24(27(33)31-20-8-3-7-19(29)14-20)25(16-5-2-6-18(28)11-16)26-21(30-15)12-17(13-22(26)32)23-9-4-10-34-23/h2-11,14,17,25,30H,12-13H2,1H3,(H,31,33)/t17-,25+/m1/s1. The first-order valence-electron chi connectivity index (χ1n) is 11.0. The molecule has 5 rings (SSSR count). The Balaban J connectivity index is 1.57. The zero-order chi connectivity index (χ0) is 23.8. The van der Waals surface area contributed by atoms with Gasteiger partial charge in [0.1, 0.15) is 11.6 Å². The maximum absolute atomic E-state index is 14.2. The lowest BCUT2D eigenvalue weighted by Crippen LogP contribution is -2.37. The fourth-order valence-corrected chi connectivity index (χ4v) is 5.68. The van der Waals surface area contributed by atoms with Crippen LogP contribution in [-0.2, 0) is 9.59 Å². The second-order valence-electron chi connectivity index (χ2n) is 8.55. The van der Waals surface area contributed by atoms with E-state index in [2.05, 4.69) is 10.6 Å². The first-order chi connectivity index (χ1) is 16.4. The topological polar surface area (TPSA) is 58.2 Å². The first-order valence-corrected chi connectivity index (χ1v) is 11.9. The quantitative estimate of drug-likeness (QED) is 0.484. The van der Waals surface area contributed by atoms with Gasteiger partial charge in [0.15, 0.2) is 5.78 Å². The SMILES string of the molecule is CC1=C(C(=O)Nc2cccc(F)c2)[C@H](c2cccc(F)c2)C2=C(C[C@@H](c3cccs3)CC2=O)N1. The highest BCUT2D eigenvalue weighted by Crippen LogP contribution is 2.46. The highest BCUT2D eigenvalue weighted by Gasteiger charge is 2.41. The molecule has 2 heterocycles. The third-order valence-corrected chi connectivity index (χ3v) is 7.32. The van der Waals surface area contributed by atoms with E-state index >= 15 is 0 Å². The zero-order valence-electron chi connectivity index (χ0n) is 18.4. The Kier molecular flexibility index (Phi) is 5.87. The Morgan fingerprint density at radius 1 is 1.03 bits per heavy atom. The van der Waals surface area contributed by atoms with Crippen molar-refractivity contribution < 1.29 is 18.4 Å². The average molecular weight is 477 g/mol. The average Bonchev–Trinajstić information content (AvgIpc) is 3.33. The van der Waals surface area contributed by atoms with Gasteiger partial charge >= 0.3 is 0 Å². The lowest BCUT2D eigenvalue weighted by molar-refractivity contribution is -0.116. The van der Waals surface area contributed by atoms with Gasteiger partial charge in [0.25, 0.3) is 5.91 Å². The van der Waals surface area contributed by atoms with Crippen molar-refractivity contribution in [1.29, 1.82) is 0 Å². The summed E-state index contributed by atoms with van der Waals surface area (Å²) in [5.74, 6) is -2.12. The molecule has 172 valence electrons. The molecule has 0 unspecified atom stereocenters. The third kappa shape index (κ3) is 4.19. The van der Waals surface area contributed by atoms with Crippen molar-refractivity contribution in [3.05, 3.63) is 111 Å². The molecule has 1 amide bonds. The van der Waals surface area contributed by atoms with Crippen molar-refractivity contribution in [2.24, 2.45) is 0 Å². The van der Waals surface area contributed by atoms with Crippen LogP contribution in [0.15, 0.2) is 88.6 Å². The molecule has 0 saturated heterocycles. The van der Waals surface area contributed by atoms with E-state index in [1.54, 1.807) is 36.5 Å². The molecule has 0 bridgehead atoms. The van der Waals surface area contributed by atoms with Crippen LogP contribution in [-0.4, -0.2) is 11.7 Å². The van der Waals surface area contributed by atoms with Crippen LogP contribution in [0.1, 0.15) is 42.0 Å². The summed E-state index contributed by atoms with van der Waals surface area (Å²) in [6, 6.07) is 15.6. The van der Waals surface area contributed by atoms with Gasteiger partial charge in [-0.05, 0) is 60.7 Å². The van der Waals surface area contributed by atoms with Crippen molar-refractivity contribution in [3.63, 3.8) is 0 Å². The lowest BCUT2D eigenvalue weighted by Gasteiger charge is -2.36. The summed E-state index contributed by atoms with van der Waals surface area (Å²) in [7, 11) is 0. The van der Waals surface area contributed by atoms with Crippen LogP contribution in [0, 0.1) is 11.6 Å². The number of anilines is 1. The molecule has 2 N–H and O–H groups in total. The Hall–Kier alpha value is -3.58. The molecule has 1 aromatic heterocycles. The lowest BCUT2D eigenvalue weighted by atomic mass is 9.72. The van der Waals surface area contributed by atoms with Crippen molar-refractivity contribution in [2.75, 3.05) is 5.32 Å². The first kappa shape index (κ1) is 22.2. The summed E-state index contributed by atoms with van der Waals surface area (Å²) in [6.07, 6.45) is 0.953. The Labute approximate surface area is 200 Å². The Morgan fingerprint density at radius 2 is 1.79 bits per heavy atom. The monoisotopic (exact) mass is 476 g/mol. The van der Waals surface area contributed by atoms with E-state index in [0.717, 1.165) is 10.6 Å². The molecule has 2 aromatic carbocycles. The minimum atomic E-state index is -0.725. The molecule has 4 nitrogen and oxygen atoms in total.